The molecule has 1 N–H and O–H groups in total. The molecule has 1 heterocycles. The quantitative estimate of drug-likeness (QED) is 0.666. The Morgan fingerprint density at radius 2 is 2.26 bits per heavy atom. The highest BCUT2D eigenvalue weighted by atomic mass is 16.6. The molecule has 6 heteroatoms. The van der Waals surface area contributed by atoms with Gasteiger partial charge in [-0.25, -0.2) is 0 Å². The highest BCUT2D eigenvalue weighted by Gasteiger charge is 2.26. The van der Waals surface area contributed by atoms with Crippen molar-refractivity contribution in [2.24, 2.45) is 5.92 Å². The van der Waals surface area contributed by atoms with Gasteiger partial charge in [0.1, 0.15) is 5.69 Å². The molecule has 1 amide bonds. The second-order valence-electron chi connectivity index (χ2n) is 4.94. The first-order chi connectivity index (χ1) is 9.01. The van der Waals surface area contributed by atoms with E-state index in [0.717, 1.165) is 12.1 Å². The zero-order chi connectivity index (χ0) is 14.0. The standard InChI is InChI=1S/C13H17N3O3/c1-9-5-13(17)15(7-9)8-10-3-4-12(16(18)19)11(6-10)14-2/h3-4,6,9,14H,5,7-8H2,1-2H3. The number of carbonyl (C=O) groups is 1. The molecule has 102 valence electrons. The molecule has 0 spiro atoms. The summed E-state index contributed by atoms with van der Waals surface area (Å²) < 4.78 is 0. The first-order valence-corrected chi connectivity index (χ1v) is 6.24. The van der Waals surface area contributed by atoms with Gasteiger partial charge in [-0.1, -0.05) is 13.0 Å². The van der Waals surface area contributed by atoms with E-state index < -0.39 is 4.92 Å². The van der Waals surface area contributed by atoms with Crippen molar-refractivity contribution in [1.29, 1.82) is 0 Å². The number of rotatable bonds is 4. The second kappa shape index (κ2) is 5.26. The summed E-state index contributed by atoms with van der Waals surface area (Å²) in [4.78, 5) is 23.9. The summed E-state index contributed by atoms with van der Waals surface area (Å²) in [6, 6.07) is 4.91. The maximum Gasteiger partial charge on any atom is 0.292 e. The summed E-state index contributed by atoms with van der Waals surface area (Å²) in [6.45, 7) is 3.31. The van der Waals surface area contributed by atoms with Gasteiger partial charge < -0.3 is 10.2 Å². The van der Waals surface area contributed by atoms with Crippen LogP contribution in [-0.2, 0) is 11.3 Å². The van der Waals surface area contributed by atoms with Crippen LogP contribution < -0.4 is 5.32 Å². The lowest BCUT2D eigenvalue weighted by atomic mass is 10.1. The highest BCUT2D eigenvalue weighted by Crippen LogP contribution is 2.27. The van der Waals surface area contributed by atoms with E-state index >= 15 is 0 Å². The number of nitro groups is 1. The summed E-state index contributed by atoms with van der Waals surface area (Å²) in [5.74, 6) is 0.533. The van der Waals surface area contributed by atoms with Gasteiger partial charge in [-0.15, -0.1) is 0 Å². The minimum absolute atomic E-state index is 0.0485. The lowest BCUT2D eigenvalue weighted by Crippen LogP contribution is -2.24. The van der Waals surface area contributed by atoms with Crippen LogP contribution in [0.4, 0.5) is 11.4 Å². The Morgan fingerprint density at radius 1 is 1.53 bits per heavy atom. The SMILES string of the molecule is CNc1cc(CN2CC(C)CC2=O)ccc1[N+](=O)[O-]. The van der Waals surface area contributed by atoms with Crippen molar-refractivity contribution >= 4 is 17.3 Å². The molecule has 1 aromatic carbocycles. The highest BCUT2D eigenvalue weighted by molar-refractivity contribution is 5.78. The number of nitrogens with zero attached hydrogens (tertiary/aromatic N) is 2. The van der Waals surface area contributed by atoms with E-state index in [-0.39, 0.29) is 11.6 Å². The van der Waals surface area contributed by atoms with Crippen LogP contribution in [0.15, 0.2) is 18.2 Å². The van der Waals surface area contributed by atoms with E-state index in [2.05, 4.69) is 5.32 Å². The Bertz CT molecular complexity index is 516. The molecule has 2 rings (SSSR count). The predicted molar refractivity (Wildman–Crippen MR) is 71.8 cm³/mol. The molecule has 1 saturated heterocycles. The number of hydrogen-bond acceptors (Lipinski definition) is 4. The molecule has 0 aliphatic carbocycles. The minimum atomic E-state index is -0.418. The Kier molecular flexibility index (Phi) is 3.69. The first kappa shape index (κ1) is 13.3. The number of nitro benzene ring substituents is 1. The van der Waals surface area contributed by atoms with Crippen molar-refractivity contribution in [3.63, 3.8) is 0 Å². The van der Waals surface area contributed by atoms with Gasteiger partial charge >= 0.3 is 0 Å². The third kappa shape index (κ3) is 2.83. The average molecular weight is 263 g/mol. The van der Waals surface area contributed by atoms with Crippen molar-refractivity contribution < 1.29 is 9.72 Å². The smallest absolute Gasteiger partial charge is 0.292 e. The topological polar surface area (TPSA) is 75.5 Å². The number of carbonyl (C=O) groups excluding carboxylic acids is 1. The molecule has 1 aliphatic heterocycles. The maximum atomic E-state index is 11.7. The van der Waals surface area contributed by atoms with Crippen molar-refractivity contribution in [2.75, 3.05) is 18.9 Å². The van der Waals surface area contributed by atoms with E-state index in [9.17, 15) is 14.9 Å². The van der Waals surface area contributed by atoms with Crippen molar-refractivity contribution in [1.82, 2.24) is 4.90 Å². The van der Waals surface area contributed by atoms with E-state index in [1.54, 1.807) is 24.1 Å². The van der Waals surface area contributed by atoms with Crippen LogP contribution in [0.3, 0.4) is 0 Å². The first-order valence-electron chi connectivity index (χ1n) is 6.24. The molecule has 6 nitrogen and oxygen atoms in total. The Hall–Kier alpha value is -2.11. The maximum absolute atomic E-state index is 11.7. The Morgan fingerprint density at radius 3 is 2.79 bits per heavy atom. The van der Waals surface area contributed by atoms with Crippen LogP contribution in [0.2, 0.25) is 0 Å². The lowest BCUT2D eigenvalue weighted by Gasteiger charge is -2.16. The number of anilines is 1. The van der Waals surface area contributed by atoms with Crippen molar-refractivity contribution in [3.05, 3.63) is 33.9 Å². The molecule has 0 aromatic heterocycles. The molecular formula is C13H17N3O3. The molecule has 1 atom stereocenters. The molecule has 1 aromatic rings. The van der Waals surface area contributed by atoms with Crippen LogP contribution in [0, 0.1) is 16.0 Å². The molecule has 0 bridgehead atoms. The summed E-state index contributed by atoms with van der Waals surface area (Å²) in [7, 11) is 1.65. The van der Waals surface area contributed by atoms with Gasteiger partial charge in [-0.05, 0) is 17.5 Å². The van der Waals surface area contributed by atoms with E-state index in [0.29, 0.717) is 24.6 Å². The van der Waals surface area contributed by atoms with Crippen LogP contribution >= 0.6 is 0 Å². The summed E-state index contributed by atoms with van der Waals surface area (Å²) in [5, 5.41) is 13.6. The number of nitrogens with one attached hydrogen (secondary N) is 1. The van der Waals surface area contributed by atoms with Gasteiger partial charge in [0.05, 0.1) is 4.92 Å². The fourth-order valence-electron chi connectivity index (χ4n) is 2.38. The molecule has 1 unspecified atom stereocenters. The van der Waals surface area contributed by atoms with Crippen molar-refractivity contribution in [2.45, 2.75) is 19.9 Å². The molecule has 19 heavy (non-hydrogen) atoms. The van der Waals surface area contributed by atoms with Gasteiger partial charge in [0, 0.05) is 32.6 Å². The van der Waals surface area contributed by atoms with E-state index in [1.807, 2.05) is 6.92 Å². The Balaban J connectivity index is 2.18. The molecule has 0 saturated carbocycles. The molecular weight excluding hydrogens is 246 g/mol. The van der Waals surface area contributed by atoms with Crippen LogP contribution in [0.5, 0.6) is 0 Å². The molecule has 1 fully saturated rings. The second-order valence-corrected chi connectivity index (χ2v) is 4.94. The third-order valence-corrected chi connectivity index (χ3v) is 3.31. The van der Waals surface area contributed by atoms with Gasteiger partial charge in [0.25, 0.3) is 5.69 Å². The number of hydrogen-bond donors (Lipinski definition) is 1. The van der Waals surface area contributed by atoms with Crippen LogP contribution in [0.25, 0.3) is 0 Å². The monoisotopic (exact) mass is 263 g/mol. The fourth-order valence-corrected chi connectivity index (χ4v) is 2.38. The average Bonchev–Trinajstić information content (AvgIpc) is 2.67. The van der Waals surface area contributed by atoms with Gasteiger partial charge in [-0.2, -0.15) is 0 Å². The van der Waals surface area contributed by atoms with Crippen LogP contribution in [-0.4, -0.2) is 29.3 Å². The lowest BCUT2D eigenvalue weighted by molar-refractivity contribution is -0.384. The largest absolute Gasteiger partial charge is 0.383 e. The normalized spacial score (nSPS) is 18.7. The van der Waals surface area contributed by atoms with E-state index in [1.165, 1.54) is 6.07 Å². The van der Waals surface area contributed by atoms with Gasteiger partial charge in [-0.3, -0.25) is 14.9 Å². The molecule has 1 aliphatic rings. The Labute approximate surface area is 111 Å². The summed E-state index contributed by atoms with van der Waals surface area (Å²) in [6.07, 6.45) is 0.589. The number of benzene rings is 1. The van der Waals surface area contributed by atoms with Crippen LogP contribution in [0.1, 0.15) is 18.9 Å². The van der Waals surface area contributed by atoms with E-state index in [4.69, 9.17) is 0 Å². The minimum Gasteiger partial charge on any atom is -0.383 e. The fraction of sp³-hybridized carbons (Fsp3) is 0.462. The van der Waals surface area contributed by atoms with Gasteiger partial charge in [0.15, 0.2) is 0 Å². The zero-order valence-electron chi connectivity index (χ0n) is 11.0. The number of likely N-dealkylation sites (tertiary alicyclic amines) is 1. The predicted octanol–water partition coefficient (Wildman–Crippen LogP) is 2.00. The third-order valence-electron chi connectivity index (χ3n) is 3.31. The van der Waals surface area contributed by atoms with Crippen molar-refractivity contribution in [3.8, 4) is 0 Å². The zero-order valence-corrected chi connectivity index (χ0v) is 11.0. The summed E-state index contributed by atoms with van der Waals surface area (Å²) in [5.41, 5.74) is 1.42. The number of amides is 1. The van der Waals surface area contributed by atoms with Gasteiger partial charge in [0.2, 0.25) is 5.91 Å². The molecule has 0 radical (unpaired) electrons. The summed E-state index contributed by atoms with van der Waals surface area (Å²) >= 11 is 0.